The molecule has 0 heterocycles. The fourth-order valence-corrected chi connectivity index (χ4v) is 5.47. The lowest BCUT2D eigenvalue weighted by Crippen LogP contribution is -2.25. The predicted octanol–water partition coefficient (Wildman–Crippen LogP) is 7.83. The quantitative estimate of drug-likeness (QED) is 0.297. The van der Waals surface area contributed by atoms with Crippen LogP contribution in [0.15, 0.2) is 49.6 Å². The molecule has 2 aliphatic carbocycles. The van der Waals surface area contributed by atoms with Crippen LogP contribution in [0.2, 0.25) is 0 Å². The van der Waals surface area contributed by atoms with Crippen LogP contribution in [0, 0.1) is 17.8 Å². The number of hydrogen-bond acceptors (Lipinski definition) is 1. The number of rotatable bonds is 10. The van der Waals surface area contributed by atoms with Crippen molar-refractivity contribution in [3.05, 3.63) is 60.7 Å². The first kappa shape index (κ1) is 21.4. The van der Waals surface area contributed by atoms with Crippen molar-refractivity contribution in [1.82, 2.24) is 0 Å². The van der Waals surface area contributed by atoms with E-state index in [0.29, 0.717) is 0 Å². The van der Waals surface area contributed by atoms with E-state index < -0.39 is 0 Å². The molecule has 0 atom stereocenters. The Morgan fingerprint density at radius 3 is 2.00 bits per heavy atom. The van der Waals surface area contributed by atoms with Crippen molar-refractivity contribution in [2.45, 2.75) is 83.2 Å². The van der Waals surface area contributed by atoms with Crippen LogP contribution < -0.4 is 0 Å². The summed E-state index contributed by atoms with van der Waals surface area (Å²) >= 11 is 0. The molecule has 0 radical (unpaired) electrons. The third-order valence-corrected chi connectivity index (χ3v) is 7.30. The lowest BCUT2D eigenvalue weighted by atomic mass is 9.68. The molecule has 2 aliphatic rings. The smallest absolute Gasteiger partial charge is 0.0717 e. The molecule has 0 aliphatic heterocycles. The van der Waals surface area contributed by atoms with Crippen LogP contribution >= 0.6 is 0 Å². The highest BCUT2D eigenvalue weighted by molar-refractivity contribution is 5.25. The maximum atomic E-state index is 5.68. The minimum absolute atomic E-state index is 0.719. The van der Waals surface area contributed by atoms with Crippen molar-refractivity contribution in [2.75, 3.05) is 6.61 Å². The fraction of sp³-hybridized carbons (Fsp3) is 0.630. The number of hydrogen-bond donors (Lipinski definition) is 0. The van der Waals surface area contributed by atoms with Gasteiger partial charge in [-0.3, -0.25) is 0 Å². The molecular formula is C27H40O. The largest absolute Gasteiger partial charge is 0.376 e. The van der Waals surface area contributed by atoms with Crippen molar-refractivity contribution < 1.29 is 4.74 Å². The van der Waals surface area contributed by atoms with Gasteiger partial charge < -0.3 is 4.74 Å². The number of ether oxygens (including phenoxy) is 1. The Bertz CT molecular complexity index is 571. The molecular weight excluding hydrogens is 340 g/mol. The normalized spacial score (nSPS) is 28.0. The Balaban J connectivity index is 1.39. The zero-order valence-corrected chi connectivity index (χ0v) is 17.8. The molecule has 0 N–H and O–H groups in total. The molecule has 0 unspecified atom stereocenters. The Morgan fingerprint density at radius 2 is 1.39 bits per heavy atom. The van der Waals surface area contributed by atoms with Gasteiger partial charge in [-0.1, -0.05) is 49.3 Å². The molecule has 0 spiro atoms. The maximum Gasteiger partial charge on any atom is 0.0717 e. The van der Waals surface area contributed by atoms with Crippen molar-refractivity contribution >= 4 is 0 Å². The van der Waals surface area contributed by atoms with Gasteiger partial charge in [-0.15, -0.1) is 13.2 Å². The van der Waals surface area contributed by atoms with Crippen LogP contribution in [-0.2, 0) is 11.3 Å². The van der Waals surface area contributed by atoms with E-state index in [4.69, 9.17) is 4.74 Å². The summed E-state index contributed by atoms with van der Waals surface area (Å²) in [5, 5.41) is 0. The van der Waals surface area contributed by atoms with Crippen LogP contribution in [0.3, 0.4) is 0 Å². The first-order valence-electron chi connectivity index (χ1n) is 11.7. The summed E-state index contributed by atoms with van der Waals surface area (Å²) in [4.78, 5) is 0. The summed E-state index contributed by atoms with van der Waals surface area (Å²) in [6, 6.07) is 9.23. The van der Waals surface area contributed by atoms with Crippen LogP contribution in [-0.4, -0.2) is 6.61 Å². The summed E-state index contributed by atoms with van der Waals surface area (Å²) in [5.41, 5.74) is 2.83. The minimum Gasteiger partial charge on any atom is -0.376 e. The highest BCUT2D eigenvalue weighted by Crippen LogP contribution is 2.44. The zero-order valence-electron chi connectivity index (χ0n) is 17.8. The molecule has 1 aromatic rings. The second-order valence-corrected chi connectivity index (χ2v) is 9.13. The van der Waals surface area contributed by atoms with Gasteiger partial charge in [0, 0.05) is 0 Å². The summed E-state index contributed by atoms with van der Waals surface area (Å²) in [7, 11) is 0. The monoisotopic (exact) mass is 380 g/mol. The molecule has 1 aromatic carbocycles. The van der Waals surface area contributed by atoms with Crippen LogP contribution in [0.25, 0.3) is 0 Å². The molecule has 0 aromatic heterocycles. The van der Waals surface area contributed by atoms with E-state index in [-0.39, 0.29) is 0 Å². The average molecular weight is 381 g/mol. The standard InChI is InChI=1S/C27H40O/c1-3-5-7-22-8-12-24(13-9-22)26-16-18-27(19-17-26)25-14-10-23(11-15-25)21-28-20-6-4-2/h3-4,10-11,14-15,22,24,26-27H,1-2,5-9,12-13,16-21H2/t22-,24-,26-,27-. The van der Waals surface area contributed by atoms with Crippen molar-refractivity contribution in [3.8, 4) is 0 Å². The molecule has 2 fully saturated rings. The van der Waals surface area contributed by atoms with E-state index in [2.05, 4.69) is 43.5 Å². The highest BCUT2D eigenvalue weighted by Gasteiger charge is 2.31. The highest BCUT2D eigenvalue weighted by atomic mass is 16.5. The van der Waals surface area contributed by atoms with Gasteiger partial charge >= 0.3 is 0 Å². The zero-order chi connectivity index (χ0) is 19.6. The second kappa shape index (κ2) is 11.6. The predicted molar refractivity (Wildman–Crippen MR) is 120 cm³/mol. The fourth-order valence-electron chi connectivity index (χ4n) is 5.47. The lowest BCUT2D eigenvalue weighted by Gasteiger charge is -2.38. The van der Waals surface area contributed by atoms with Crippen molar-refractivity contribution in [2.24, 2.45) is 17.8 Å². The summed E-state index contributed by atoms with van der Waals surface area (Å²) in [6.45, 7) is 9.10. The Kier molecular flexibility index (Phi) is 8.86. The maximum absolute atomic E-state index is 5.68. The van der Waals surface area contributed by atoms with Gasteiger partial charge in [0.1, 0.15) is 0 Å². The first-order valence-corrected chi connectivity index (χ1v) is 11.7. The van der Waals surface area contributed by atoms with Crippen molar-refractivity contribution in [1.29, 1.82) is 0 Å². The van der Waals surface area contributed by atoms with E-state index in [1.807, 2.05) is 6.08 Å². The summed E-state index contributed by atoms with van der Waals surface area (Å²) in [5.74, 6) is 3.76. The van der Waals surface area contributed by atoms with Gasteiger partial charge in [-0.05, 0) is 92.6 Å². The molecule has 1 nitrogen and oxygen atoms in total. The molecule has 0 saturated heterocycles. The van der Waals surface area contributed by atoms with Gasteiger partial charge in [0.25, 0.3) is 0 Å². The van der Waals surface area contributed by atoms with Crippen LogP contribution in [0.1, 0.15) is 87.7 Å². The molecule has 2 saturated carbocycles. The minimum atomic E-state index is 0.719. The number of allylic oxidation sites excluding steroid dienone is 1. The Hall–Kier alpha value is -1.34. The number of benzene rings is 1. The SMILES string of the molecule is C=CCCOCc1ccc([C@H]2CC[C@H]([C@H]3CC[C@H](CCC=C)CC3)CC2)cc1. The molecule has 3 rings (SSSR count). The third-order valence-electron chi connectivity index (χ3n) is 7.30. The molecule has 1 heteroatoms. The Labute approximate surface area is 173 Å². The molecule has 0 bridgehead atoms. The second-order valence-electron chi connectivity index (χ2n) is 9.13. The molecule has 0 amide bonds. The summed E-state index contributed by atoms with van der Waals surface area (Å²) < 4.78 is 5.68. The van der Waals surface area contributed by atoms with E-state index in [1.165, 1.54) is 69.8 Å². The van der Waals surface area contributed by atoms with E-state index >= 15 is 0 Å². The van der Waals surface area contributed by atoms with Crippen LogP contribution in [0.4, 0.5) is 0 Å². The Morgan fingerprint density at radius 1 is 0.786 bits per heavy atom. The van der Waals surface area contributed by atoms with Gasteiger partial charge in [-0.2, -0.15) is 0 Å². The van der Waals surface area contributed by atoms with Crippen LogP contribution in [0.5, 0.6) is 0 Å². The van der Waals surface area contributed by atoms with Gasteiger partial charge in [0.2, 0.25) is 0 Å². The first-order chi connectivity index (χ1) is 13.8. The average Bonchev–Trinajstić information content (AvgIpc) is 2.76. The van der Waals surface area contributed by atoms with E-state index in [0.717, 1.165) is 43.3 Å². The topological polar surface area (TPSA) is 9.23 Å². The molecule has 28 heavy (non-hydrogen) atoms. The summed E-state index contributed by atoms with van der Waals surface area (Å²) in [6.07, 6.45) is 19.1. The third kappa shape index (κ3) is 6.34. The van der Waals surface area contributed by atoms with Gasteiger partial charge in [0.05, 0.1) is 13.2 Å². The van der Waals surface area contributed by atoms with E-state index in [1.54, 1.807) is 5.56 Å². The van der Waals surface area contributed by atoms with E-state index in [9.17, 15) is 0 Å². The molecule has 154 valence electrons. The van der Waals surface area contributed by atoms with Gasteiger partial charge in [0.15, 0.2) is 0 Å². The lowest BCUT2D eigenvalue weighted by molar-refractivity contribution is 0.125. The van der Waals surface area contributed by atoms with Crippen molar-refractivity contribution in [3.63, 3.8) is 0 Å². The van der Waals surface area contributed by atoms with Gasteiger partial charge in [-0.25, -0.2) is 0 Å².